The lowest BCUT2D eigenvalue weighted by atomic mass is 9.91. The smallest absolute Gasteiger partial charge is 0.170 e. The van der Waals surface area contributed by atoms with E-state index in [1.807, 2.05) is 56.3 Å². The average molecular weight is 502 g/mol. The topological polar surface area (TPSA) is 85.2 Å². The summed E-state index contributed by atoms with van der Waals surface area (Å²) in [4.78, 5) is 26.3. The number of halogens is 1. The number of benzene rings is 2. The number of phenolic OH excluding ortho intramolecular Hbond substituents is 1. The monoisotopic (exact) mass is 501 g/mol. The molecular formula is C26H20BrN3O3. The zero-order chi connectivity index (χ0) is 23.2. The molecule has 2 aromatic carbocycles. The maximum absolute atomic E-state index is 12.8. The van der Waals surface area contributed by atoms with E-state index in [9.17, 15) is 9.90 Å². The number of ketones is 1. The molecule has 0 aliphatic carbocycles. The van der Waals surface area contributed by atoms with Gasteiger partial charge >= 0.3 is 0 Å². The minimum atomic E-state index is -0.615. The van der Waals surface area contributed by atoms with Gasteiger partial charge in [-0.25, -0.2) is 9.97 Å². The van der Waals surface area contributed by atoms with Crippen molar-refractivity contribution in [2.24, 2.45) is 0 Å². The summed E-state index contributed by atoms with van der Waals surface area (Å²) in [6.45, 7) is 3.71. The highest BCUT2D eigenvalue weighted by molar-refractivity contribution is 9.10. The molecule has 0 bridgehead atoms. The number of phenols is 1. The fourth-order valence-corrected chi connectivity index (χ4v) is 4.14. The molecule has 6 nitrogen and oxygen atoms in total. The van der Waals surface area contributed by atoms with E-state index in [1.165, 1.54) is 6.07 Å². The Hall–Kier alpha value is -3.58. The van der Waals surface area contributed by atoms with Crippen LogP contribution in [0.1, 0.15) is 30.6 Å². The number of Topliss-reactive ketones (excluding diaryl/α,β-unsaturated/α-hetero) is 1. The van der Waals surface area contributed by atoms with Crippen molar-refractivity contribution in [3.63, 3.8) is 0 Å². The predicted octanol–water partition coefficient (Wildman–Crippen LogP) is 6.08. The number of fused-ring (bicyclic) bond motifs is 1. The summed E-state index contributed by atoms with van der Waals surface area (Å²) in [6, 6.07) is 16.4. The van der Waals surface area contributed by atoms with Gasteiger partial charge in [0.25, 0.3) is 0 Å². The van der Waals surface area contributed by atoms with Gasteiger partial charge in [-0.2, -0.15) is 0 Å². The van der Waals surface area contributed by atoms with Crippen molar-refractivity contribution >= 4 is 21.7 Å². The Morgan fingerprint density at radius 2 is 1.61 bits per heavy atom. The van der Waals surface area contributed by atoms with Gasteiger partial charge in [-0.15, -0.1) is 0 Å². The van der Waals surface area contributed by atoms with Crippen LogP contribution in [0.15, 0.2) is 71.5 Å². The van der Waals surface area contributed by atoms with Gasteiger partial charge in [0.1, 0.15) is 17.1 Å². The molecule has 4 aromatic rings. The molecule has 5 rings (SSSR count). The van der Waals surface area contributed by atoms with Crippen molar-refractivity contribution in [3.05, 3.63) is 77.0 Å². The van der Waals surface area contributed by atoms with E-state index in [4.69, 9.17) is 14.7 Å². The molecule has 33 heavy (non-hydrogen) atoms. The minimum Gasteiger partial charge on any atom is -0.507 e. The van der Waals surface area contributed by atoms with Crippen LogP contribution in [0.3, 0.4) is 0 Å². The molecule has 0 unspecified atom stereocenters. The Morgan fingerprint density at radius 1 is 0.909 bits per heavy atom. The summed E-state index contributed by atoms with van der Waals surface area (Å²) in [5.41, 5.74) is 3.17. The summed E-state index contributed by atoms with van der Waals surface area (Å²) in [5.74, 6) is 0.835. The quantitative estimate of drug-likeness (QED) is 0.365. The third-order valence-electron chi connectivity index (χ3n) is 5.45. The van der Waals surface area contributed by atoms with Gasteiger partial charge in [-0.05, 0) is 50.2 Å². The van der Waals surface area contributed by atoms with E-state index in [0.717, 1.165) is 15.6 Å². The normalized spacial score (nSPS) is 14.5. The van der Waals surface area contributed by atoms with Gasteiger partial charge in [0.05, 0.1) is 23.4 Å². The van der Waals surface area contributed by atoms with E-state index in [-0.39, 0.29) is 18.0 Å². The van der Waals surface area contributed by atoms with Crippen LogP contribution in [0, 0.1) is 0 Å². The molecule has 0 amide bonds. The number of pyridine rings is 1. The van der Waals surface area contributed by atoms with Gasteiger partial charge in [-0.3, -0.25) is 9.78 Å². The SMILES string of the molecule is CC1(C)CC(=O)c2cc(-c3cc(-c4ccc(Br)cc4)nc(-c4ccncc4)n3)c(O)cc2O1. The second-order valence-corrected chi connectivity index (χ2v) is 9.45. The summed E-state index contributed by atoms with van der Waals surface area (Å²) in [6.07, 6.45) is 3.62. The highest BCUT2D eigenvalue weighted by Gasteiger charge is 2.33. The number of hydrogen-bond acceptors (Lipinski definition) is 6. The minimum absolute atomic E-state index is 0.0135. The fraction of sp³-hybridized carbons (Fsp3) is 0.154. The van der Waals surface area contributed by atoms with Gasteiger partial charge in [0.15, 0.2) is 11.6 Å². The molecule has 0 radical (unpaired) electrons. The molecule has 0 saturated carbocycles. The lowest BCUT2D eigenvalue weighted by molar-refractivity contribution is 0.0619. The molecule has 1 N–H and O–H groups in total. The molecule has 7 heteroatoms. The third-order valence-corrected chi connectivity index (χ3v) is 5.98. The maximum Gasteiger partial charge on any atom is 0.170 e. The van der Waals surface area contributed by atoms with E-state index in [1.54, 1.807) is 18.5 Å². The average Bonchev–Trinajstić information content (AvgIpc) is 2.78. The third kappa shape index (κ3) is 4.24. The van der Waals surface area contributed by atoms with Crippen molar-refractivity contribution < 1.29 is 14.6 Å². The number of aromatic nitrogens is 3. The highest BCUT2D eigenvalue weighted by atomic mass is 79.9. The zero-order valence-electron chi connectivity index (χ0n) is 18.0. The van der Waals surface area contributed by atoms with Crippen LogP contribution in [0.4, 0.5) is 0 Å². The molecule has 0 saturated heterocycles. The van der Waals surface area contributed by atoms with Crippen LogP contribution in [0.25, 0.3) is 33.9 Å². The molecular weight excluding hydrogens is 482 g/mol. The van der Waals surface area contributed by atoms with E-state index in [0.29, 0.717) is 34.1 Å². The molecule has 1 aliphatic rings. The van der Waals surface area contributed by atoms with Crippen molar-refractivity contribution in [2.75, 3.05) is 0 Å². The van der Waals surface area contributed by atoms with Crippen LogP contribution in [-0.2, 0) is 0 Å². The Balaban J connectivity index is 1.70. The van der Waals surface area contributed by atoms with Crippen LogP contribution in [0.2, 0.25) is 0 Å². The maximum atomic E-state index is 12.8. The lowest BCUT2D eigenvalue weighted by Crippen LogP contribution is -2.35. The first-order valence-electron chi connectivity index (χ1n) is 10.4. The van der Waals surface area contributed by atoms with Crippen LogP contribution < -0.4 is 4.74 Å². The van der Waals surface area contributed by atoms with E-state index >= 15 is 0 Å². The summed E-state index contributed by atoms with van der Waals surface area (Å²) < 4.78 is 6.90. The molecule has 0 spiro atoms. The van der Waals surface area contributed by atoms with E-state index in [2.05, 4.69) is 20.9 Å². The van der Waals surface area contributed by atoms with Crippen LogP contribution >= 0.6 is 15.9 Å². The van der Waals surface area contributed by atoms with Crippen LogP contribution in [0.5, 0.6) is 11.5 Å². The summed E-state index contributed by atoms with van der Waals surface area (Å²) in [7, 11) is 0. The summed E-state index contributed by atoms with van der Waals surface area (Å²) >= 11 is 3.46. The second kappa shape index (κ2) is 8.08. The second-order valence-electron chi connectivity index (χ2n) is 8.53. The number of rotatable bonds is 3. The largest absolute Gasteiger partial charge is 0.507 e. The summed E-state index contributed by atoms with van der Waals surface area (Å²) in [5, 5.41) is 10.9. The molecule has 0 atom stereocenters. The first-order valence-corrected chi connectivity index (χ1v) is 11.2. The fourth-order valence-electron chi connectivity index (χ4n) is 3.88. The van der Waals surface area contributed by atoms with Crippen molar-refractivity contribution in [1.82, 2.24) is 15.0 Å². The molecule has 2 aromatic heterocycles. The standard InChI is InChI=1S/C26H20BrN3O3/c1-26(2)14-23(32)19-11-18(22(31)13-24(19)33-26)21-12-20(15-3-5-17(27)6-4-15)29-25(30-21)16-7-9-28-10-8-16/h3-13,31H,14H2,1-2H3. The number of ether oxygens (including phenoxy) is 1. The number of hydrogen-bond donors (Lipinski definition) is 1. The Labute approximate surface area is 199 Å². The number of aromatic hydroxyl groups is 1. The van der Waals surface area contributed by atoms with Gasteiger partial charge in [0, 0.05) is 39.6 Å². The molecule has 3 heterocycles. The van der Waals surface area contributed by atoms with Crippen molar-refractivity contribution in [3.8, 4) is 45.4 Å². The van der Waals surface area contributed by atoms with Gasteiger partial charge < -0.3 is 9.84 Å². The number of nitrogens with zero attached hydrogens (tertiary/aromatic N) is 3. The number of carbonyl (C=O) groups excluding carboxylic acids is 1. The first-order chi connectivity index (χ1) is 15.8. The highest BCUT2D eigenvalue weighted by Crippen LogP contribution is 2.41. The van der Waals surface area contributed by atoms with E-state index < -0.39 is 5.60 Å². The Bertz CT molecular complexity index is 1370. The molecule has 0 fully saturated rings. The predicted molar refractivity (Wildman–Crippen MR) is 129 cm³/mol. The zero-order valence-corrected chi connectivity index (χ0v) is 19.6. The van der Waals surface area contributed by atoms with Gasteiger partial charge in [0.2, 0.25) is 0 Å². The van der Waals surface area contributed by atoms with Crippen molar-refractivity contribution in [1.29, 1.82) is 0 Å². The van der Waals surface area contributed by atoms with Crippen molar-refractivity contribution in [2.45, 2.75) is 25.9 Å². The lowest BCUT2D eigenvalue weighted by Gasteiger charge is -2.31. The Morgan fingerprint density at radius 3 is 2.33 bits per heavy atom. The van der Waals surface area contributed by atoms with Gasteiger partial charge in [-0.1, -0.05) is 28.1 Å². The van der Waals surface area contributed by atoms with Crippen LogP contribution in [-0.4, -0.2) is 31.4 Å². The first kappa shape index (κ1) is 21.3. The number of carbonyl (C=O) groups is 1. The molecule has 1 aliphatic heterocycles. The Kier molecular flexibility index (Phi) is 5.21. The molecule has 164 valence electrons.